The Hall–Kier alpha value is -3.00. The van der Waals surface area contributed by atoms with Crippen molar-refractivity contribution < 1.29 is 4.79 Å². The van der Waals surface area contributed by atoms with E-state index in [9.17, 15) is 9.59 Å². The number of benzene rings is 1. The van der Waals surface area contributed by atoms with Gasteiger partial charge in [-0.15, -0.1) is 0 Å². The largest absolute Gasteiger partial charge is 0.347 e. The van der Waals surface area contributed by atoms with Crippen molar-refractivity contribution in [2.24, 2.45) is 5.10 Å². The minimum atomic E-state index is -0.346. The van der Waals surface area contributed by atoms with Gasteiger partial charge in [-0.25, -0.2) is 5.43 Å². The van der Waals surface area contributed by atoms with Gasteiger partial charge in [0, 0.05) is 41.8 Å². The molecule has 1 aliphatic rings. The molecule has 0 saturated heterocycles. The highest BCUT2D eigenvalue weighted by Gasteiger charge is 2.37. The van der Waals surface area contributed by atoms with Crippen LogP contribution in [0, 0.1) is 4.77 Å². The van der Waals surface area contributed by atoms with Crippen molar-refractivity contribution in [2.45, 2.75) is 25.7 Å². The highest BCUT2D eigenvalue weighted by atomic mass is 32.1. The lowest BCUT2D eigenvalue weighted by Crippen LogP contribution is -2.24. The first-order valence-electron chi connectivity index (χ1n) is 8.47. The lowest BCUT2D eigenvalue weighted by atomic mass is 9.84. The zero-order valence-corrected chi connectivity index (χ0v) is 16.2. The van der Waals surface area contributed by atoms with Crippen molar-refractivity contribution in [1.82, 2.24) is 15.4 Å². The number of aromatic nitrogens is 2. The second-order valence-corrected chi connectivity index (χ2v) is 7.26. The van der Waals surface area contributed by atoms with E-state index in [1.807, 2.05) is 25.3 Å². The summed E-state index contributed by atoms with van der Waals surface area (Å²) in [5, 5.41) is 3.99. The van der Waals surface area contributed by atoms with E-state index in [0.29, 0.717) is 5.69 Å². The van der Waals surface area contributed by atoms with Crippen molar-refractivity contribution in [3.63, 3.8) is 0 Å². The van der Waals surface area contributed by atoms with E-state index in [2.05, 4.69) is 51.4 Å². The van der Waals surface area contributed by atoms with E-state index in [1.165, 1.54) is 11.6 Å². The van der Waals surface area contributed by atoms with E-state index in [4.69, 9.17) is 12.2 Å². The van der Waals surface area contributed by atoms with Crippen LogP contribution in [0.1, 0.15) is 25.1 Å². The van der Waals surface area contributed by atoms with Crippen LogP contribution in [-0.4, -0.2) is 29.1 Å². The quantitative estimate of drug-likeness (QED) is 0.429. The van der Waals surface area contributed by atoms with Gasteiger partial charge in [0.2, 0.25) is 5.91 Å². The molecule has 1 aliphatic heterocycles. The molecule has 27 heavy (non-hydrogen) atoms. The van der Waals surface area contributed by atoms with E-state index in [-0.39, 0.29) is 28.1 Å². The number of nitrogens with zero attached hydrogens (tertiary/aromatic N) is 2. The van der Waals surface area contributed by atoms with Gasteiger partial charge in [0.05, 0.1) is 6.42 Å². The third kappa shape index (κ3) is 3.90. The SMILES string of the molecule is CN1/C(=C\C=N/NC(=O)Cc2cc(=O)[nH]c(=S)[nH]2)C(C)(C)c2ccccc21. The van der Waals surface area contributed by atoms with Crippen LogP contribution in [0.15, 0.2) is 52.0 Å². The van der Waals surface area contributed by atoms with Crippen LogP contribution in [0.4, 0.5) is 5.69 Å². The van der Waals surface area contributed by atoms with Crippen LogP contribution in [0.25, 0.3) is 0 Å². The first-order chi connectivity index (χ1) is 12.8. The summed E-state index contributed by atoms with van der Waals surface area (Å²) in [5.41, 5.74) is 5.89. The van der Waals surface area contributed by atoms with Crippen LogP contribution in [-0.2, 0) is 16.6 Å². The number of likely N-dealkylation sites (N-methyl/N-ethyl adjacent to an activating group) is 1. The number of H-pyrrole nitrogens is 2. The molecule has 0 saturated carbocycles. The molecule has 0 atom stereocenters. The number of allylic oxidation sites excluding steroid dienone is 2. The molecule has 8 heteroatoms. The number of hydrogen-bond acceptors (Lipinski definition) is 5. The number of amides is 1. The van der Waals surface area contributed by atoms with Gasteiger partial charge in [0.15, 0.2) is 4.77 Å². The Bertz CT molecular complexity index is 1020. The van der Waals surface area contributed by atoms with Gasteiger partial charge < -0.3 is 9.88 Å². The summed E-state index contributed by atoms with van der Waals surface area (Å²) in [4.78, 5) is 30.7. The average Bonchev–Trinajstić information content (AvgIpc) is 2.78. The first-order valence-corrected chi connectivity index (χ1v) is 8.88. The summed E-state index contributed by atoms with van der Waals surface area (Å²) in [6.07, 6.45) is 3.44. The molecule has 3 rings (SSSR count). The minimum absolute atomic E-state index is 0.0156. The molecule has 0 fully saturated rings. The van der Waals surface area contributed by atoms with E-state index >= 15 is 0 Å². The van der Waals surface area contributed by atoms with Crippen molar-refractivity contribution in [3.8, 4) is 0 Å². The molecular formula is C19H21N5O2S. The smallest absolute Gasteiger partial charge is 0.251 e. The fourth-order valence-corrected chi connectivity index (χ4v) is 3.58. The molecule has 1 amide bonds. The molecule has 2 aromatic rings. The number of fused-ring (bicyclic) bond motifs is 1. The maximum absolute atomic E-state index is 12.0. The lowest BCUT2D eigenvalue weighted by Gasteiger charge is -2.23. The molecule has 0 bridgehead atoms. The Morgan fingerprint density at radius 3 is 2.78 bits per heavy atom. The normalized spacial score (nSPS) is 16.7. The Labute approximate surface area is 161 Å². The molecule has 3 N–H and O–H groups in total. The maximum Gasteiger partial charge on any atom is 0.251 e. The third-order valence-electron chi connectivity index (χ3n) is 4.60. The number of rotatable bonds is 4. The molecule has 0 unspecified atom stereocenters. The molecule has 0 radical (unpaired) electrons. The predicted molar refractivity (Wildman–Crippen MR) is 109 cm³/mol. The van der Waals surface area contributed by atoms with E-state index in [0.717, 1.165) is 11.4 Å². The highest BCUT2D eigenvalue weighted by Crippen LogP contribution is 2.46. The second-order valence-electron chi connectivity index (χ2n) is 6.86. The number of para-hydroxylation sites is 1. The molecular weight excluding hydrogens is 362 g/mol. The van der Waals surface area contributed by atoms with Gasteiger partial charge in [0.25, 0.3) is 5.56 Å². The summed E-state index contributed by atoms with van der Waals surface area (Å²) in [7, 11) is 2.01. The molecule has 140 valence electrons. The zero-order valence-electron chi connectivity index (χ0n) is 15.4. The van der Waals surface area contributed by atoms with Crippen LogP contribution in [0.2, 0.25) is 0 Å². The Morgan fingerprint density at radius 2 is 2.07 bits per heavy atom. The standard InChI is InChI=1S/C19H21N5O2S/c1-19(2)13-6-4-5-7-14(13)24(3)15(19)8-9-20-23-17(26)11-12-10-16(25)22-18(27)21-12/h4-10H,11H2,1-3H3,(H,23,26)(H2,21,22,25,27)/b15-8-,20-9-. The fraction of sp³-hybridized carbons (Fsp3) is 0.263. The van der Waals surface area contributed by atoms with Gasteiger partial charge >= 0.3 is 0 Å². The maximum atomic E-state index is 12.0. The minimum Gasteiger partial charge on any atom is -0.347 e. The molecule has 7 nitrogen and oxygen atoms in total. The number of anilines is 1. The molecule has 1 aromatic carbocycles. The topological polar surface area (TPSA) is 93.3 Å². The number of hydrazone groups is 1. The van der Waals surface area contributed by atoms with Gasteiger partial charge in [-0.1, -0.05) is 32.0 Å². The van der Waals surface area contributed by atoms with Crippen LogP contribution < -0.4 is 15.9 Å². The van der Waals surface area contributed by atoms with E-state index in [1.54, 1.807) is 6.21 Å². The zero-order chi connectivity index (χ0) is 19.6. The third-order valence-corrected chi connectivity index (χ3v) is 4.81. The lowest BCUT2D eigenvalue weighted by molar-refractivity contribution is -0.120. The van der Waals surface area contributed by atoms with Crippen molar-refractivity contribution >= 4 is 30.0 Å². The summed E-state index contributed by atoms with van der Waals surface area (Å²) < 4.78 is 0.185. The van der Waals surface area contributed by atoms with Crippen molar-refractivity contribution in [3.05, 3.63) is 68.5 Å². The monoisotopic (exact) mass is 383 g/mol. The van der Waals surface area contributed by atoms with Gasteiger partial charge in [0.1, 0.15) is 0 Å². The van der Waals surface area contributed by atoms with Gasteiger partial charge in [-0.2, -0.15) is 5.10 Å². The number of hydrogen-bond donors (Lipinski definition) is 3. The molecule has 2 heterocycles. The highest BCUT2D eigenvalue weighted by molar-refractivity contribution is 7.71. The van der Waals surface area contributed by atoms with E-state index < -0.39 is 0 Å². The summed E-state index contributed by atoms with van der Waals surface area (Å²) >= 11 is 4.88. The predicted octanol–water partition coefficient (Wildman–Crippen LogP) is 2.39. The number of carbonyl (C=O) groups excluding carboxylic acids is 1. The fourth-order valence-electron chi connectivity index (χ4n) is 3.35. The number of aromatic amines is 2. The first kappa shape index (κ1) is 18.8. The van der Waals surface area contributed by atoms with Crippen molar-refractivity contribution in [2.75, 3.05) is 11.9 Å². The Morgan fingerprint density at radius 1 is 1.33 bits per heavy atom. The van der Waals surface area contributed by atoms with Crippen molar-refractivity contribution in [1.29, 1.82) is 0 Å². The number of nitrogens with one attached hydrogen (secondary N) is 3. The summed E-state index contributed by atoms with van der Waals surface area (Å²) in [6, 6.07) is 9.56. The summed E-state index contributed by atoms with van der Waals surface area (Å²) in [5.74, 6) is -0.344. The Balaban J connectivity index is 1.67. The second kappa shape index (κ2) is 7.32. The number of carbonyl (C=O) groups is 1. The van der Waals surface area contributed by atoms with Gasteiger partial charge in [-0.05, 0) is 29.9 Å². The Kier molecular flexibility index (Phi) is 5.09. The van der Waals surface area contributed by atoms with Gasteiger partial charge in [-0.3, -0.25) is 14.6 Å². The molecule has 0 aliphatic carbocycles. The summed E-state index contributed by atoms with van der Waals surface area (Å²) in [6.45, 7) is 4.31. The average molecular weight is 383 g/mol. The van der Waals surface area contributed by atoms with Crippen LogP contribution in [0.5, 0.6) is 0 Å². The molecule has 0 spiro atoms. The molecule has 1 aromatic heterocycles. The van der Waals surface area contributed by atoms with Crippen LogP contribution in [0.3, 0.4) is 0 Å². The van der Waals surface area contributed by atoms with Crippen LogP contribution >= 0.6 is 12.2 Å².